The van der Waals surface area contributed by atoms with Crippen LogP contribution in [0, 0.1) is 57.2 Å². The van der Waals surface area contributed by atoms with Crippen LogP contribution in [0.2, 0.25) is 0 Å². The average Bonchev–Trinajstić information content (AvgIpc) is 3.25. The number of carbonyl (C=O) groups is 1. The van der Waals surface area contributed by atoms with Crippen LogP contribution in [0.5, 0.6) is 0 Å². The molecular formula is C34H47F3O4. The van der Waals surface area contributed by atoms with Crippen molar-refractivity contribution in [2.75, 3.05) is 0 Å². The van der Waals surface area contributed by atoms with Gasteiger partial charge in [-0.3, -0.25) is 4.79 Å². The Morgan fingerprint density at radius 2 is 1.63 bits per heavy atom. The molecule has 4 fully saturated rings. The molecule has 0 aliphatic heterocycles. The zero-order valence-corrected chi connectivity index (χ0v) is 25.7. The van der Waals surface area contributed by atoms with E-state index in [-0.39, 0.29) is 46.3 Å². The van der Waals surface area contributed by atoms with Gasteiger partial charge >= 0.3 is 17.8 Å². The molecule has 1 N–H and O–H groups in total. The van der Waals surface area contributed by atoms with Gasteiger partial charge in [-0.25, -0.2) is 4.79 Å². The number of rotatable bonds is 2. The highest BCUT2D eigenvalue weighted by Gasteiger charge is 2.72. The Hall–Kier alpha value is -1.79. The quantitative estimate of drug-likeness (QED) is 0.383. The first-order valence-corrected chi connectivity index (χ1v) is 15.8. The van der Waals surface area contributed by atoms with E-state index in [2.05, 4.69) is 34.6 Å². The lowest BCUT2D eigenvalue weighted by molar-refractivity contribution is -0.231. The van der Waals surface area contributed by atoms with Gasteiger partial charge in [0.2, 0.25) is 0 Å². The first-order chi connectivity index (χ1) is 18.8. The second kappa shape index (κ2) is 8.65. The van der Waals surface area contributed by atoms with E-state index < -0.39 is 39.6 Å². The van der Waals surface area contributed by atoms with Crippen molar-refractivity contribution < 1.29 is 27.5 Å². The van der Waals surface area contributed by atoms with Gasteiger partial charge in [0.25, 0.3) is 0 Å². The fourth-order valence-corrected chi connectivity index (χ4v) is 12.6. The van der Waals surface area contributed by atoms with Gasteiger partial charge in [-0.2, -0.15) is 13.2 Å². The monoisotopic (exact) mass is 576 g/mol. The van der Waals surface area contributed by atoms with E-state index >= 15 is 0 Å². The van der Waals surface area contributed by atoms with E-state index in [4.69, 9.17) is 4.42 Å². The van der Waals surface area contributed by atoms with Crippen LogP contribution in [-0.2, 0) is 22.8 Å². The maximum atomic E-state index is 14.3. The third-order valence-electron chi connectivity index (χ3n) is 14.4. The van der Waals surface area contributed by atoms with Crippen LogP contribution >= 0.6 is 0 Å². The van der Waals surface area contributed by atoms with Crippen molar-refractivity contribution in [3.05, 3.63) is 33.4 Å². The number of alkyl halides is 3. The minimum atomic E-state index is -4.63. The first-order valence-electron chi connectivity index (χ1n) is 15.8. The van der Waals surface area contributed by atoms with E-state index in [1.165, 1.54) is 0 Å². The largest absolute Gasteiger partial charge is 0.481 e. The molecule has 1 aromatic heterocycles. The van der Waals surface area contributed by atoms with Crippen molar-refractivity contribution in [1.82, 2.24) is 0 Å². The summed E-state index contributed by atoms with van der Waals surface area (Å²) in [7, 11) is 0. The van der Waals surface area contributed by atoms with Gasteiger partial charge in [0.1, 0.15) is 5.76 Å². The lowest BCUT2D eigenvalue weighted by Crippen LogP contribution is -2.67. The number of fused-ring (bicyclic) bond motifs is 8. The molecule has 7 heteroatoms. The smallest absolute Gasteiger partial charge is 0.417 e. The molecule has 0 saturated heterocycles. The standard InChI is InChI=1S/C34H47F3O4/c1-18(2)19-10-13-33(28(39)40)15-14-31(6)21(26(19)33)8-9-24-30(5)17-20-22(34(35,36)37)16-25(38)41-27(20)29(3,4)23(30)11-12-32(24,31)7/h16,18-19,21,23-24,26H,8-15,17H2,1-7H3,(H,39,40)/t19-,21+,23-,24+,26+,30-,31+,32+,33-/m0/s1. The van der Waals surface area contributed by atoms with E-state index in [0.29, 0.717) is 30.2 Å². The van der Waals surface area contributed by atoms with Gasteiger partial charge in [0.15, 0.2) is 0 Å². The molecule has 4 saturated carbocycles. The molecule has 5 aliphatic rings. The maximum Gasteiger partial charge on any atom is 0.417 e. The summed E-state index contributed by atoms with van der Waals surface area (Å²) in [6.45, 7) is 15.5. The molecule has 0 bridgehead atoms. The fourth-order valence-electron chi connectivity index (χ4n) is 12.6. The molecule has 41 heavy (non-hydrogen) atoms. The van der Waals surface area contributed by atoms with Gasteiger partial charge in [0.05, 0.1) is 11.0 Å². The number of hydrogen-bond donors (Lipinski definition) is 1. The van der Waals surface area contributed by atoms with Crippen LogP contribution in [0.15, 0.2) is 15.3 Å². The summed E-state index contributed by atoms with van der Waals surface area (Å²) in [5.74, 6) is 1.15. The van der Waals surface area contributed by atoms with Gasteiger partial charge in [-0.1, -0.05) is 48.5 Å². The van der Waals surface area contributed by atoms with Crippen molar-refractivity contribution in [2.24, 2.45) is 57.2 Å². The predicted molar refractivity (Wildman–Crippen MR) is 150 cm³/mol. The molecule has 5 aliphatic carbocycles. The van der Waals surface area contributed by atoms with Crippen molar-refractivity contribution in [3.63, 3.8) is 0 Å². The minimum absolute atomic E-state index is 0.0779. The molecule has 0 spiro atoms. The topological polar surface area (TPSA) is 67.5 Å². The lowest BCUT2D eigenvalue weighted by atomic mass is 9.32. The number of carboxylic acid groups (broad SMARTS) is 1. The molecule has 6 rings (SSSR count). The van der Waals surface area contributed by atoms with Crippen LogP contribution < -0.4 is 5.63 Å². The predicted octanol–water partition coefficient (Wildman–Crippen LogP) is 8.49. The highest BCUT2D eigenvalue weighted by Crippen LogP contribution is 2.77. The van der Waals surface area contributed by atoms with Gasteiger partial charge in [-0.15, -0.1) is 0 Å². The Morgan fingerprint density at radius 1 is 0.951 bits per heavy atom. The number of aliphatic carboxylic acids is 1. The first kappa shape index (κ1) is 29.3. The molecule has 0 radical (unpaired) electrons. The summed E-state index contributed by atoms with van der Waals surface area (Å²) < 4.78 is 48.7. The second-order valence-corrected chi connectivity index (χ2v) is 16.3. The van der Waals surface area contributed by atoms with Crippen LogP contribution in [0.25, 0.3) is 0 Å². The van der Waals surface area contributed by atoms with Gasteiger partial charge in [-0.05, 0) is 110 Å². The third-order valence-corrected chi connectivity index (χ3v) is 14.4. The Balaban J connectivity index is 1.47. The minimum Gasteiger partial charge on any atom is -0.481 e. The Kier molecular flexibility index (Phi) is 6.18. The number of halogens is 3. The Morgan fingerprint density at radius 3 is 2.24 bits per heavy atom. The van der Waals surface area contributed by atoms with Crippen LogP contribution in [-0.4, -0.2) is 11.1 Å². The number of hydrogen-bond acceptors (Lipinski definition) is 3. The summed E-state index contributed by atoms with van der Waals surface area (Å²) in [6.07, 6.45) is 2.59. The molecule has 4 nitrogen and oxygen atoms in total. The highest BCUT2D eigenvalue weighted by atomic mass is 19.4. The summed E-state index contributed by atoms with van der Waals surface area (Å²) in [5, 5.41) is 10.6. The maximum absolute atomic E-state index is 14.3. The third kappa shape index (κ3) is 3.59. The van der Waals surface area contributed by atoms with Crippen molar-refractivity contribution in [2.45, 2.75) is 118 Å². The Labute approximate surface area is 241 Å². The summed E-state index contributed by atoms with van der Waals surface area (Å²) in [5.41, 5.74) is -3.54. The van der Waals surface area contributed by atoms with E-state index in [1.54, 1.807) is 0 Å². The molecular weight excluding hydrogens is 529 g/mol. The molecule has 1 heterocycles. The second-order valence-electron chi connectivity index (χ2n) is 16.3. The number of carboxylic acids is 1. The van der Waals surface area contributed by atoms with Crippen molar-refractivity contribution in [1.29, 1.82) is 0 Å². The van der Waals surface area contributed by atoms with Crippen molar-refractivity contribution >= 4 is 5.97 Å². The summed E-state index contributed by atoms with van der Waals surface area (Å²) in [4.78, 5) is 25.3. The summed E-state index contributed by atoms with van der Waals surface area (Å²) in [6, 6.07) is 0.650. The molecule has 0 aromatic carbocycles. The zero-order valence-electron chi connectivity index (χ0n) is 25.7. The molecule has 9 atom stereocenters. The Bertz CT molecular complexity index is 1330. The van der Waals surface area contributed by atoms with Crippen LogP contribution in [0.1, 0.15) is 117 Å². The van der Waals surface area contributed by atoms with Crippen molar-refractivity contribution in [3.8, 4) is 0 Å². The highest BCUT2D eigenvalue weighted by molar-refractivity contribution is 5.76. The lowest BCUT2D eigenvalue weighted by Gasteiger charge is -2.72. The van der Waals surface area contributed by atoms with E-state index in [0.717, 1.165) is 44.9 Å². The van der Waals surface area contributed by atoms with E-state index in [9.17, 15) is 27.9 Å². The summed E-state index contributed by atoms with van der Waals surface area (Å²) >= 11 is 0. The normalized spacial score (nSPS) is 44.8. The van der Waals surface area contributed by atoms with Crippen LogP contribution in [0.4, 0.5) is 13.2 Å². The fraction of sp³-hybridized carbons (Fsp3) is 0.824. The van der Waals surface area contributed by atoms with Gasteiger partial charge in [0, 0.05) is 17.0 Å². The molecule has 1 aromatic rings. The molecule has 0 unspecified atom stereocenters. The van der Waals surface area contributed by atoms with Crippen LogP contribution in [0.3, 0.4) is 0 Å². The van der Waals surface area contributed by atoms with E-state index in [1.807, 2.05) is 13.8 Å². The van der Waals surface area contributed by atoms with Gasteiger partial charge < -0.3 is 9.52 Å². The molecule has 0 amide bonds. The molecule has 228 valence electrons. The SMILES string of the molecule is CC(C)[C@@H]1CC[C@]2(C(=O)O)CC[C@]3(C)[C@H](CC[C@@H]4[C@@]5(C)Cc6c(C(F)(F)F)cc(=O)oc6C(C)(C)[C@@H]5CC[C@]43C)[C@@H]12. The zero-order chi connectivity index (χ0) is 30.1. The average molecular weight is 577 g/mol.